The molecule has 0 fully saturated rings. The van der Waals surface area contributed by atoms with E-state index in [1.165, 1.54) is 18.4 Å². The van der Waals surface area contributed by atoms with Crippen molar-refractivity contribution in [2.75, 3.05) is 12.8 Å². The summed E-state index contributed by atoms with van der Waals surface area (Å²) in [6, 6.07) is 14.7. The van der Waals surface area contributed by atoms with E-state index in [4.69, 9.17) is 26.8 Å². The number of carbonyl (C=O) groups is 1. The molecule has 0 radical (unpaired) electrons. The summed E-state index contributed by atoms with van der Waals surface area (Å²) in [5, 5.41) is 1.37. The summed E-state index contributed by atoms with van der Waals surface area (Å²) in [4.78, 5) is 17.1. The fourth-order valence-corrected chi connectivity index (χ4v) is 4.34. The third kappa shape index (κ3) is 3.66. The molecule has 0 saturated heterocycles. The van der Waals surface area contributed by atoms with E-state index in [0.29, 0.717) is 21.3 Å². The van der Waals surface area contributed by atoms with Gasteiger partial charge < -0.3 is 15.2 Å². The summed E-state index contributed by atoms with van der Waals surface area (Å²) in [5.74, 6) is -0.0402. The number of nitrogen functional groups attached to an aromatic ring is 1. The van der Waals surface area contributed by atoms with E-state index in [-0.39, 0.29) is 6.10 Å². The van der Waals surface area contributed by atoms with Crippen molar-refractivity contribution >= 4 is 45.6 Å². The molecule has 4 aromatic rings. The van der Waals surface area contributed by atoms with Gasteiger partial charge in [0.15, 0.2) is 4.88 Å². The highest BCUT2D eigenvalue weighted by Gasteiger charge is 2.23. The Kier molecular flexibility index (Phi) is 5.17. The van der Waals surface area contributed by atoms with Gasteiger partial charge in [0.05, 0.1) is 18.1 Å². The SMILES string of the molecule is COC(=O)c1sc(-n2cnc3ccc(N)cc32)cc1O[C@H](C)c1ccccc1Cl. The fourth-order valence-electron chi connectivity index (χ4n) is 3.06. The molecular formula is C21H18ClN3O3S. The predicted octanol–water partition coefficient (Wildman–Crippen LogP) is 5.25. The predicted molar refractivity (Wildman–Crippen MR) is 115 cm³/mol. The molecule has 0 amide bonds. The van der Waals surface area contributed by atoms with Crippen LogP contribution in [0.25, 0.3) is 16.0 Å². The van der Waals surface area contributed by atoms with E-state index in [1.54, 1.807) is 24.5 Å². The molecule has 0 aliphatic rings. The number of hydrogen-bond donors (Lipinski definition) is 1. The number of aromatic nitrogens is 2. The molecule has 0 spiro atoms. The number of nitrogens with two attached hydrogens (primary N) is 1. The van der Waals surface area contributed by atoms with Crippen molar-refractivity contribution in [3.05, 3.63) is 70.3 Å². The molecule has 0 saturated carbocycles. The van der Waals surface area contributed by atoms with Crippen molar-refractivity contribution in [2.24, 2.45) is 0 Å². The highest BCUT2D eigenvalue weighted by molar-refractivity contribution is 7.16. The fraction of sp³-hybridized carbons (Fsp3) is 0.143. The van der Waals surface area contributed by atoms with Gasteiger partial charge >= 0.3 is 5.97 Å². The van der Waals surface area contributed by atoms with Crippen LogP contribution < -0.4 is 10.5 Å². The Morgan fingerprint density at radius 3 is 2.79 bits per heavy atom. The Balaban J connectivity index is 1.76. The van der Waals surface area contributed by atoms with E-state index in [9.17, 15) is 4.79 Å². The third-order valence-electron chi connectivity index (χ3n) is 4.51. The summed E-state index contributed by atoms with van der Waals surface area (Å²) in [7, 11) is 1.34. The minimum atomic E-state index is -0.466. The number of thiophene rings is 1. The average molecular weight is 428 g/mol. The Morgan fingerprint density at radius 1 is 1.24 bits per heavy atom. The van der Waals surface area contributed by atoms with Crippen LogP contribution in [-0.4, -0.2) is 22.6 Å². The van der Waals surface area contributed by atoms with Crippen molar-refractivity contribution in [1.29, 1.82) is 0 Å². The Bertz CT molecular complexity index is 1200. The molecule has 2 N–H and O–H groups in total. The standard InChI is InChI=1S/C21H18ClN3O3S/c1-12(14-5-3-4-6-15(14)22)28-18-10-19(29-20(18)21(26)27-2)25-11-24-16-8-7-13(23)9-17(16)25/h3-12H,23H2,1-2H3/t12-/m1/s1. The number of carbonyl (C=O) groups excluding carboxylic acids is 1. The van der Waals surface area contributed by atoms with Crippen LogP contribution in [0.1, 0.15) is 28.3 Å². The quantitative estimate of drug-likeness (QED) is 0.347. The van der Waals surface area contributed by atoms with Crippen molar-refractivity contribution in [3.63, 3.8) is 0 Å². The van der Waals surface area contributed by atoms with Crippen LogP contribution >= 0.6 is 22.9 Å². The summed E-state index contributed by atoms with van der Waals surface area (Å²) >= 11 is 7.55. The zero-order valence-corrected chi connectivity index (χ0v) is 17.3. The van der Waals surface area contributed by atoms with Crippen LogP contribution in [0, 0.1) is 0 Å². The van der Waals surface area contributed by atoms with Gasteiger partial charge in [-0.15, -0.1) is 11.3 Å². The van der Waals surface area contributed by atoms with Crippen LogP contribution in [0.4, 0.5) is 5.69 Å². The van der Waals surface area contributed by atoms with E-state index >= 15 is 0 Å². The van der Waals surface area contributed by atoms with Gasteiger partial charge in [0.2, 0.25) is 0 Å². The van der Waals surface area contributed by atoms with Crippen LogP contribution in [0.2, 0.25) is 5.02 Å². The van der Waals surface area contributed by atoms with Gasteiger partial charge in [0.25, 0.3) is 0 Å². The molecule has 6 nitrogen and oxygen atoms in total. The first-order valence-corrected chi connectivity index (χ1v) is 10.0. The second-order valence-electron chi connectivity index (χ2n) is 6.41. The lowest BCUT2D eigenvalue weighted by molar-refractivity contribution is 0.0600. The number of hydrogen-bond acceptors (Lipinski definition) is 6. The maximum atomic E-state index is 12.4. The largest absolute Gasteiger partial charge is 0.484 e. The maximum absolute atomic E-state index is 12.4. The number of anilines is 1. The number of methoxy groups -OCH3 is 1. The summed E-state index contributed by atoms with van der Waals surface area (Å²) in [5.41, 5.74) is 9.04. The molecule has 8 heteroatoms. The lowest BCUT2D eigenvalue weighted by Gasteiger charge is -2.16. The monoisotopic (exact) mass is 427 g/mol. The first-order chi connectivity index (χ1) is 14.0. The lowest BCUT2D eigenvalue weighted by Crippen LogP contribution is -2.07. The van der Waals surface area contributed by atoms with Gasteiger partial charge in [-0.3, -0.25) is 4.57 Å². The highest BCUT2D eigenvalue weighted by Crippen LogP contribution is 2.37. The Hall–Kier alpha value is -3.03. The molecule has 29 heavy (non-hydrogen) atoms. The Morgan fingerprint density at radius 2 is 2.03 bits per heavy atom. The van der Waals surface area contributed by atoms with Crippen molar-refractivity contribution in [2.45, 2.75) is 13.0 Å². The van der Waals surface area contributed by atoms with Crippen LogP contribution in [-0.2, 0) is 4.74 Å². The number of nitrogens with zero attached hydrogens (tertiary/aromatic N) is 2. The van der Waals surface area contributed by atoms with E-state index < -0.39 is 5.97 Å². The van der Waals surface area contributed by atoms with Gasteiger partial charge in [0, 0.05) is 22.3 Å². The molecule has 1 atom stereocenters. The first-order valence-electron chi connectivity index (χ1n) is 8.84. The van der Waals surface area contributed by atoms with E-state index in [1.807, 2.05) is 41.8 Å². The number of rotatable bonds is 5. The molecule has 0 aliphatic heterocycles. The number of esters is 1. The number of ether oxygens (including phenoxy) is 2. The summed E-state index contributed by atoms with van der Waals surface area (Å²) in [6.07, 6.45) is 1.34. The molecule has 0 aliphatic carbocycles. The normalized spacial score (nSPS) is 12.1. The summed E-state index contributed by atoms with van der Waals surface area (Å²) in [6.45, 7) is 1.88. The number of imidazole rings is 1. The van der Waals surface area contributed by atoms with Gasteiger partial charge in [-0.25, -0.2) is 9.78 Å². The molecule has 0 bridgehead atoms. The molecular weight excluding hydrogens is 410 g/mol. The van der Waals surface area contributed by atoms with E-state index in [0.717, 1.165) is 21.6 Å². The molecule has 148 valence electrons. The average Bonchev–Trinajstić information content (AvgIpc) is 3.31. The van der Waals surface area contributed by atoms with Crippen LogP contribution in [0.3, 0.4) is 0 Å². The van der Waals surface area contributed by atoms with Gasteiger partial charge in [-0.05, 0) is 31.2 Å². The van der Waals surface area contributed by atoms with Gasteiger partial charge in [0.1, 0.15) is 23.2 Å². The molecule has 2 aromatic carbocycles. The highest BCUT2D eigenvalue weighted by atomic mass is 35.5. The van der Waals surface area contributed by atoms with Crippen LogP contribution in [0.5, 0.6) is 5.75 Å². The Labute approximate surface area is 176 Å². The minimum absolute atomic E-state index is 0.357. The number of benzene rings is 2. The maximum Gasteiger partial charge on any atom is 0.351 e. The number of fused-ring (bicyclic) bond motifs is 1. The topological polar surface area (TPSA) is 79.4 Å². The third-order valence-corrected chi connectivity index (χ3v) is 5.95. The molecule has 0 unspecified atom stereocenters. The van der Waals surface area contributed by atoms with E-state index in [2.05, 4.69) is 4.98 Å². The molecule has 4 rings (SSSR count). The number of halogens is 1. The second-order valence-corrected chi connectivity index (χ2v) is 7.85. The minimum Gasteiger partial charge on any atom is -0.484 e. The second kappa shape index (κ2) is 7.77. The molecule has 2 heterocycles. The van der Waals surface area contributed by atoms with Crippen LogP contribution in [0.15, 0.2) is 54.9 Å². The first kappa shape index (κ1) is 19.3. The zero-order chi connectivity index (χ0) is 20.5. The van der Waals surface area contributed by atoms with Gasteiger partial charge in [-0.2, -0.15) is 0 Å². The van der Waals surface area contributed by atoms with Crippen molar-refractivity contribution < 1.29 is 14.3 Å². The smallest absolute Gasteiger partial charge is 0.351 e. The lowest BCUT2D eigenvalue weighted by atomic mass is 10.1. The van der Waals surface area contributed by atoms with Gasteiger partial charge in [-0.1, -0.05) is 29.8 Å². The van der Waals surface area contributed by atoms with Crippen molar-refractivity contribution in [3.8, 4) is 10.8 Å². The summed E-state index contributed by atoms with van der Waals surface area (Å²) < 4.78 is 12.9. The zero-order valence-electron chi connectivity index (χ0n) is 15.8. The molecule has 2 aromatic heterocycles. The van der Waals surface area contributed by atoms with Crippen molar-refractivity contribution in [1.82, 2.24) is 9.55 Å².